The maximum absolute atomic E-state index is 14.7. The summed E-state index contributed by atoms with van der Waals surface area (Å²) in [7, 11) is -2.72. The summed E-state index contributed by atoms with van der Waals surface area (Å²) in [6, 6.07) is 26.7. The quantitative estimate of drug-likeness (QED) is 0.154. The van der Waals surface area contributed by atoms with Gasteiger partial charge in [0.2, 0.25) is 11.8 Å². The zero-order valence-corrected chi connectivity index (χ0v) is 30.0. The Kier molecular flexibility index (Phi) is 12.3. The van der Waals surface area contributed by atoms with Crippen LogP contribution in [0.2, 0.25) is 10.0 Å². The van der Waals surface area contributed by atoms with Gasteiger partial charge in [0.1, 0.15) is 18.3 Å². The van der Waals surface area contributed by atoms with Crippen LogP contribution in [0.4, 0.5) is 5.69 Å². The molecule has 5 rings (SSSR count). The van der Waals surface area contributed by atoms with Crippen LogP contribution in [0.3, 0.4) is 0 Å². The van der Waals surface area contributed by atoms with Gasteiger partial charge in [0.25, 0.3) is 10.0 Å². The number of nitrogens with zero attached hydrogens (tertiary/aromatic N) is 2. The maximum Gasteiger partial charge on any atom is 0.264 e. The van der Waals surface area contributed by atoms with Gasteiger partial charge in [-0.3, -0.25) is 13.9 Å². The molecule has 258 valence electrons. The van der Waals surface area contributed by atoms with Crippen LogP contribution >= 0.6 is 23.2 Å². The van der Waals surface area contributed by atoms with Crippen LogP contribution in [0.5, 0.6) is 5.75 Å². The molecule has 2 amide bonds. The predicted molar refractivity (Wildman–Crippen MR) is 195 cm³/mol. The Morgan fingerprint density at radius 3 is 2.22 bits per heavy atom. The fourth-order valence-corrected chi connectivity index (χ4v) is 7.77. The van der Waals surface area contributed by atoms with Crippen molar-refractivity contribution in [2.24, 2.45) is 0 Å². The van der Waals surface area contributed by atoms with Gasteiger partial charge in [0.15, 0.2) is 0 Å². The molecule has 0 aromatic heterocycles. The van der Waals surface area contributed by atoms with Gasteiger partial charge in [-0.05, 0) is 73.4 Å². The van der Waals surface area contributed by atoms with Crippen molar-refractivity contribution in [3.63, 3.8) is 0 Å². The molecule has 1 N–H and O–H groups in total. The van der Waals surface area contributed by atoms with Crippen LogP contribution in [-0.2, 0) is 32.6 Å². The van der Waals surface area contributed by atoms with E-state index in [2.05, 4.69) is 5.32 Å². The standard InChI is InChI=1S/C38H41Cl2N3O5S/c1-27-16-19-33(20-17-27)49(46,47)43(31-18-21-34(39)35(40)24-31)26-37(44)42(25-29-12-9-15-32(22-29)48-2)36(23-28-10-5-3-6-11-28)38(45)41-30-13-7-4-8-14-30/h3,5-6,9-12,15-22,24,30,36H,4,7-8,13-14,23,25-26H2,1-2H3,(H,41,45)/t36-/m0/s1. The van der Waals surface area contributed by atoms with E-state index < -0.39 is 28.5 Å². The second-order valence-corrected chi connectivity index (χ2v) is 15.0. The van der Waals surface area contributed by atoms with Crippen molar-refractivity contribution >= 4 is 50.7 Å². The summed E-state index contributed by atoms with van der Waals surface area (Å²) in [4.78, 5) is 30.5. The Morgan fingerprint density at radius 2 is 1.55 bits per heavy atom. The number of halogens is 2. The van der Waals surface area contributed by atoms with Crippen molar-refractivity contribution in [1.29, 1.82) is 0 Å². The topological polar surface area (TPSA) is 96.0 Å². The molecule has 1 fully saturated rings. The predicted octanol–water partition coefficient (Wildman–Crippen LogP) is 7.59. The zero-order chi connectivity index (χ0) is 35.0. The fourth-order valence-electron chi connectivity index (χ4n) is 6.07. The Hall–Kier alpha value is -4.05. The van der Waals surface area contributed by atoms with E-state index in [0.717, 1.165) is 53.1 Å². The minimum absolute atomic E-state index is 0.00270. The van der Waals surface area contributed by atoms with Crippen LogP contribution in [0.1, 0.15) is 48.8 Å². The first-order valence-corrected chi connectivity index (χ1v) is 18.6. The second kappa shape index (κ2) is 16.6. The summed E-state index contributed by atoms with van der Waals surface area (Å²) in [6.07, 6.45) is 5.14. The van der Waals surface area contributed by atoms with E-state index in [1.807, 2.05) is 49.4 Å². The van der Waals surface area contributed by atoms with Gasteiger partial charge in [-0.2, -0.15) is 0 Å². The molecule has 0 bridgehead atoms. The Morgan fingerprint density at radius 1 is 0.857 bits per heavy atom. The van der Waals surface area contributed by atoms with Crippen LogP contribution in [0.25, 0.3) is 0 Å². The van der Waals surface area contributed by atoms with Gasteiger partial charge in [-0.25, -0.2) is 8.42 Å². The Balaban J connectivity index is 1.58. The smallest absolute Gasteiger partial charge is 0.264 e. The summed E-state index contributed by atoms with van der Waals surface area (Å²) in [5, 5.41) is 3.60. The highest BCUT2D eigenvalue weighted by Gasteiger charge is 2.35. The molecule has 49 heavy (non-hydrogen) atoms. The number of amides is 2. The summed E-state index contributed by atoms with van der Waals surface area (Å²) in [6.45, 7) is 1.30. The summed E-state index contributed by atoms with van der Waals surface area (Å²) < 4.78 is 35.0. The second-order valence-electron chi connectivity index (χ2n) is 12.3. The zero-order valence-electron chi connectivity index (χ0n) is 27.6. The molecule has 4 aromatic carbocycles. The first-order valence-electron chi connectivity index (χ1n) is 16.4. The molecule has 0 unspecified atom stereocenters. The van der Waals surface area contributed by atoms with Crippen LogP contribution in [0.15, 0.2) is 102 Å². The molecule has 1 aliphatic rings. The Bertz CT molecular complexity index is 1850. The highest BCUT2D eigenvalue weighted by atomic mass is 35.5. The third-order valence-corrected chi connectivity index (χ3v) is 11.3. The first-order chi connectivity index (χ1) is 23.5. The van der Waals surface area contributed by atoms with Crippen molar-refractivity contribution in [3.05, 3.63) is 124 Å². The number of ether oxygens (including phenoxy) is 1. The number of sulfonamides is 1. The number of anilines is 1. The monoisotopic (exact) mass is 721 g/mol. The summed E-state index contributed by atoms with van der Waals surface area (Å²) in [5.41, 5.74) is 2.63. The van der Waals surface area contributed by atoms with E-state index in [0.29, 0.717) is 5.75 Å². The number of methoxy groups -OCH3 is 1. The van der Waals surface area contributed by atoms with E-state index in [4.69, 9.17) is 27.9 Å². The van der Waals surface area contributed by atoms with E-state index in [1.165, 1.54) is 35.2 Å². The molecular formula is C38H41Cl2N3O5S. The average molecular weight is 723 g/mol. The Labute approximate surface area is 299 Å². The maximum atomic E-state index is 14.7. The van der Waals surface area contributed by atoms with Gasteiger partial charge in [0.05, 0.1) is 27.7 Å². The van der Waals surface area contributed by atoms with Crippen molar-refractivity contribution in [2.45, 2.75) is 69.0 Å². The lowest BCUT2D eigenvalue weighted by molar-refractivity contribution is -0.140. The minimum atomic E-state index is -4.28. The lowest BCUT2D eigenvalue weighted by atomic mass is 9.94. The van der Waals surface area contributed by atoms with E-state index >= 15 is 0 Å². The van der Waals surface area contributed by atoms with Crippen LogP contribution in [0, 0.1) is 6.92 Å². The SMILES string of the molecule is COc1cccc(CN(C(=O)CN(c2ccc(Cl)c(Cl)c2)S(=O)(=O)c2ccc(C)cc2)[C@@H](Cc2ccccc2)C(=O)NC2CCCCC2)c1. The molecule has 4 aromatic rings. The number of hydrogen-bond donors (Lipinski definition) is 1. The van der Waals surface area contributed by atoms with Crippen molar-refractivity contribution in [3.8, 4) is 5.75 Å². The van der Waals surface area contributed by atoms with Gasteiger partial charge >= 0.3 is 0 Å². The molecule has 0 aliphatic heterocycles. The molecule has 1 saturated carbocycles. The molecule has 0 radical (unpaired) electrons. The lowest BCUT2D eigenvalue weighted by Gasteiger charge is -2.35. The largest absolute Gasteiger partial charge is 0.497 e. The minimum Gasteiger partial charge on any atom is -0.497 e. The number of benzene rings is 4. The number of nitrogens with one attached hydrogen (secondary N) is 1. The highest BCUT2D eigenvalue weighted by molar-refractivity contribution is 7.92. The lowest BCUT2D eigenvalue weighted by Crippen LogP contribution is -2.55. The summed E-state index contributed by atoms with van der Waals surface area (Å²) >= 11 is 12.6. The normalized spacial score (nSPS) is 14.1. The van der Waals surface area contributed by atoms with Gasteiger partial charge in [-0.1, -0.05) is 103 Å². The number of hydrogen-bond acceptors (Lipinski definition) is 5. The third-order valence-electron chi connectivity index (χ3n) is 8.79. The van der Waals surface area contributed by atoms with Crippen molar-refractivity contribution in [2.75, 3.05) is 18.0 Å². The highest BCUT2D eigenvalue weighted by Crippen LogP contribution is 2.31. The van der Waals surface area contributed by atoms with E-state index in [-0.39, 0.29) is 45.5 Å². The van der Waals surface area contributed by atoms with Crippen molar-refractivity contribution < 1.29 is 22.7 Å². The number of carbonyl (C=O) groups is 2. The first kappa shape index (κ1) is 36.2. The van der Waals surface area contributed by atoms with Gasteiger partial charge in [0, 0.05) is 19.0 Å². The average Bonchev–Trinajstić information content (AvgIpc) is 3.11. The molecule has 0 saturated heterocycles. The van der Waals surface area contributed by atoms with Crippen LogP contribution in [-0.4, -0.2) is 50.9 Å². The molecule has 0 spiro atoms. The number of rotatable bonds is 13. The fraction of sp³-hybridized carbons (Fsp3) is 0.316. The van der Waals surface area contributed by atoms with Crippen LogP contribution < -0.4 is 14.4 Å². The molecule has 11 heteroatoms. The molecule has 0 heterocycles. The van der Waals surface area contributed by atoms with E-state index in [9.17, 15) is 18.0 Å². The molecule has 1 aliphatic carbocycles. The number of aryl methyl sites for hydroxylation is 1. The molecule has 8 nitrogen and oxygen atoms in total. The summed E-state index contributed by atoms with van der Waals surface area (Å²) in [5.74, 6) is -0.255. The van der Waals surface area contributed by atoms with Gasteiger partial charge in [-0.15, -0.1) is 0 Å². The number of carbonyl (C=O) groups excluding carboxylic acids is 2. The van der Waals surface area contributed by atoms with Gasteiger partial charge < -0.3 is 15.0 Å². The van der Waals surface area contributed by atoms with E-state index in [1.54, 1.807) is 31.4 Å². The van der Waals surface area contributed by atoms with Crippen molar-refractivity contribution in [1.82, 2.24) is 10.2 Å². The molecular weight excluding hydrogens is 681 g/mol. The molecule has 1 atom stereocenters. The third kappa shape index (κ3) is 9.35.